The maximum absolute atomic E-state index is 12.2. The van der Waals surface area contributed by atoms with Gasteiger partial charge in [0.05, 0.1) is 6.21 Å². The van der Waals surface area contributed by atoms with Crippen LogP contribution in [0.1, 0.15) is 18.1 Å². The standard InChI is InChI=1S/C26H26N2O4/c1-3-17-30-23-11-9-21(10-12-23)18-27-28-26(29)20(2)32-25-15-13-24(14-16-25)31-19-22-7-5-4-6-8-22/h3-16,18,20H,1,17,19H2,2H3,(H,28,29)/b27-18-/t20-/m0/s1. The number of hydrazone groups is 1. The Balaban J connectivity index is 1.43. The zero-order chi connectivity index (χ0) is 22.6. The lowest BCUT2D eigenvalue weighted by atomic mass is 10.2. The van der Waals surface area contributed by atoms with Crippen molar-refractivity contribution in [2.24, 2.45) is 5.10 Å². The molecular weight excluding hydrogens is 404 g/mol. The van der Waals surface area contributed by atoms with Crippen LogP contribution in [0.5, 0.6) is 17.2 Å². The van der Waals surface area contributed by atoms with E-state index in [9.17, 15) is 4.79 Å². The van der Waals surface area contributed by atoms with Crippen molar-refractivity contribution < 1.29 is 19.0 Å². The molecule has 6 heteroatoms. The molecule has 1 atom stereocenters. The van der Waals surface area contributed by atoms with Crippen LogP contribution in [0.4, 0.5) is 0 Å². The first-order chi connectivity index (χ1) is 15.6. The fourth-order valence-electron chi connectivity index (χ4n) is 2.68. The van der Waals surface area contributed by atoms with E-state index in [1.54, 1.807) is 31.3 Å². The first-order valence-corrected chi connectivity index (χ1v) is 10.2. The minimum atomic E-state index is -0.710. The van der Waals surface area contributed by atoms with Crippen LogP contribution in [0.3, 0.4) is 0 Å². The molecule has 1 amide bonds. The highest BCUT2D eigenvalue weighted by Gasteiger charge is 2.14. The Morgan fingerprint density at radius 1 is 0.938 bits per heavy atom. The van der Waals surface area contributed by atoms with Crippen LogP contribution >= 0.6 is 0 Å². The third-order valence-corrected chi connectivity index (χ3v) is 4.39. The number of hydrogen-bond acceptors (Lipinski definition) is 5. The lowest BCUT2D eigenvalue weighted by molar-refractivity contribution is -0.127. The number of nitrogens with one attached hydrogen (secondary N) is 1. The van der Waals surface area contributed by atoms with Crippen LogP contribution in [0.15, 0.2) is 96.6 Å². The Bertz CT molecular complexity index is 1020. The SMILES string of the molecule is C=CCOc1ccc(/C=N\NC(=O)[C@H](C)Oc2ccc(OCc3ccccc3)cc2)cc1. The summed E-state index contributed by atoms with van der Waals surface area (Å²) in [6.45, 7) is 6.21. The Hall–Kier alpha value is -4.06. The van der Waals surface area contributed by atoms with Gasteiger partial charge in [-0.2, -0.15) is 5.10 Å². The number of benzene rings is 3. The highest BCUT2D eigenvalue weighted by Crippen LogP contribution is 2.19. The van der Waals surface area contributed by atoms with E-state index in [-0.39, 0.29) is 5.91 Å². The van der Waals surface area contributed by atoms with E-state index in [4.69, 9.17) is 14.2 Å². The summed E-state index contributed by atoms with van der Waals surface area (Å²) in [5.74, 6) is 1.68. The van der Waals surface area contributed by atoms with Gasteiger partial charge in [-0.05, 0) is 66.6 Å². The lowest BCUT2D eigenvalue weighted by Crippen LogP contribution is -2.33. The van der Waals surface area contributed by atoms with E-state index in [1.807, 2.05) is 66.7 Å². The van der Waals surface area contributed by atoms with Gasteiger partial charge in [-0.3, -0.25) is 4.79 Å². The molecule has 164 valence electrons. The number of rotatable bonds is 11. The van der Waals surface area contributed by atoms with E-state index in [1.165, 1.54) is 0 Å². The number of carbonyl (C=O) groups excluding carboxylic acids is 1. The Labute approximate surface area is 188 Å². The van der Waals surface area contributed by atoms with Gasteiger partial charge in [0.25, 0.3) is 5.91 Å². The second kappa shape index (κ2) is 12.0. The summed E-state index contributed by atoms with van der Waals surface area (Å²) in [5.41, 5.74) is 4.41. The quantitative estimate of drug-likeness (QED) is 0.271. The first kappa shape index (κ1) is 22.6. The molecule has 1 N–H and O–H groups in total. The van der Waals surface area contributed by atoms with Gasteiger partial charge in [0.1, 0.15) is 30.5 Å². The van der Waals surface area contributed by atoms with E-state index in [2.05, 4.69) is 17.1 Å². The highest BCUT2D eigenvalue weighted by atomic mass is 16.5. The summed E-state index contributed by atoms with van der Waals surface area (Å²) >= 11 is 0. The second-order valence-electron chi connectivity index (χ2n) is 6.91. The lowest BCUT2D eigenvalue weighted by Gasteiger charge is -2.13. The van der Waals surface area contributed by atoms with Crippen LogP contribution in [0.25, 0.3) is 0 Å². The van der Waals surface area contributed by atoms with Gasteiger partial charge < -0.3 is 14.2 Å². The molecule has 0 unspecified atom stereocenters. The molecule has 0 bridgehead atoms. The van der Waals surface area contributed by atoms with Crippen LogP contribution in [-0.2, 0) is 11.4 Å². The summed E-state index contributed by atoms with van der Waals surface area (Å²) in [6.07, 6.45) is 2.53. The predicted octanol–water partition coefficient (Wildman–Crippen LogP) is 4.75. The van der Waals surface area contributed by atoms with E-state index < -0.39 is 6.10 Å². The number of nitrogens with zero attached hydrogens (tertiary/aromatic N) is 1. The number of carbonyl (C=O) groups is 1. The van der Waals surface area contributed by atoms with Crippen LogP contribution in [0, 0.1) is 0 Å². The number of hydrogen-bond donors (Lipinski definition) is 1. The summed E-state index contributed by atoms with van der Waals surface area (Å²) in [7, 11) is 0. The van der Waals surface area contributed by atoms with Gasteiger partial charge in [-0.25, -0.2) is 5.43 Å². The van der Waals surface area contributed by atoms with Crippen LogP contribution < -0.4 is 19.6 Å². The van der Waals surface area contributed by atoms with Crippen molar-refractivity contribution in [1.29, 1.82) is 0 Å². The second-order valence-corrected chi connectivity index (χ2v) is 6.91. The van der Waals surface area contributed by atoms with Crippen molar-refractivity contribution in [1.82, 2.24) is 5.43 Å². The largest absolute Gasteiger partial charge is 0.490 e. The fourth-order valence-corrected chi connectivity index (χ4v) is 2.68. The summed E-state index contributed by atoms with van der Waals surface area (Å²) in [6, 6.07) is 24.4. The topological polar surface area (TPSA) is 69.2 Å². The van der Waals surface area contributed by atoms with Gasteiger partial charge >= 0.3 is 0 Å². The van der Waals surface area contributed by atoms with Crippen molar-refractivity contribution in [3.8, 4) is 17.2 Å². The fraction of sp³-hybridized carbons (Fsp3) is 0.154. The van der Waals surface area contributed by atoms with Crippen molar-refractivity contribution in [2.75, 3.05) is 6.61 Å². The molecule has 0 aliphatic heterocycles. The zero-order valence-electron chi connectivity index (χ0n) is 17.9. The van der Waals surface area contributed by atoms with Crippen LogP contribution in [0.2, 0.25) is 0 Å². The Kier molecular flexibility index (Phi) is 8.45. The Morgan fingerprint density at radius 2 is 1.56 bits per heavy atom. The van der Waals surface area contributed by atoms with E-state index >= 15 is 0 Å². The molecule has 0 saturated carbocycles. The third-order valence-electron chi connectivity index (χ3n) is 4.39. The number of amides is 1. The predicted molar refractivity (Wildman–Crippen MR) is 125 cm³/mol. The minimum Gasteiger partial charge on any atom is -0.490 e. The van der Waals surface area contributed by atoms with E-state index in [0.717, 1.165) is 22.6 Å². The van der Waals surface area contributed by atoms with Gasteiger partial charge in [0.2, 0.25) is 0 Å². The van der Waals surface area contributed by atoms with Gasteiger partial charge in [-0.1, -0.05) is 43.0 Å². The monoisotopic (exact) mass is 430 g/mol. The molecule has 0 saturated heterocycles. The minimum absolute atomic E-state index is 0.350. The molecular formula is C26H26N2O4. The first-order valence-electron chi connectivity index (χ1n) is 10.2. The third kappa shape index (κ3) is 7.32. The summed E-state index contributed by atoms with van der Waals surface area (Å²) in [5, 5.41) is 3.98. The van der Waals surface area contributed by atoms with Crippen molar-refractivity contribution in [2.45, 2.75) is 19.6 Å². The molecule has 32 heavy (non-hydrogen) atoms. The molecule has 0 aliphatic carbocycles. The normalized spacial score (nSPS) is 11.5. The van der Waals surface area contributed by atoms with E-state index in [0.29, 0.717) is 19.0 Å². The Morgan fingerprint density at radius 3 is 2.25 bits per heavy atom. The van der Waals surface area contributed by atoms with Gasteiger partial charge in [0.15, 0.2) is 6.10 Å². The number of ether oxygens (including phenoxy) is 3. The molecule has 0 radical (unpaired) electrons. The molecule has 0 aromatic heterocycles. The molecule has 0 fully saturated rings. The smallest absolute Gasteiger partial charge is 0.280 e. The average molecular weight is 431 g/mol. The molecule has 3 rings (SSSR count). The molecule has 0 spiro atoms. The molecule has 3 aromatic carbocycles. The molecule has 0 heterocycles. The maximum atomic E-state index is 12.2. The highest BCUT2D eigenvalue weighted by molar-refractivity contribution is 5.84. The van der Waals surface area contributed by atoms with Crippen molar-refractivity contribution in [3.63, 3.8) is 0 Å². The zero-order valence-corrected chi connectivity index (χ0v) is 17.9. The molecule has 0 aliphatic rings. The molecule has 6 nitrogen and oxygen atoms in total. The maximum Gasteiger partial charge on any atom is 0.280 e. The van der Waals surface area contributed by atoms with Gasteiger partial charge in [-0.15, -0.1) is 0 Å². The van der Waals surface area contributed by atoms with Crippen molar-refractivity contribution >= 4 is 12.1 Å². The van der Waals surface area contributed by atoms with Gasteiger partial charge in [0, 0.05) is 0 Å². The molecule has 3 aromatic rings. The summed E-state index contributed by atoms with van der Waals surface area (Å²) in [4.78, 5) is 12.2. The van der Waals surface area contributed by atoms with Crippen molar-refractivity contribution in [3.05, 3.63) is 103 Å². The van der Waals surface area contributed by atoms with Crippen LogP contribution in [-0.4, -0.2) is 24.8 Å². The summed E-state index contributed by atoms with van der Waals surface area (Å²) < 4.78 is 16.9. The average Bonchev–Trinajstić information content (AvgIpc) is 2.83.